The lowest BCUT2D eigenvalue weighted by atomic mass is 10.2. The Kier molecular flexibility index (Phi) is 5.68. The lowest BCUT2D eigenvalue weighted by Gasteiger charge is -2.23. The molecule has 0 bridgehead atoms. The van der Waals surface area contributed by atoms with Crippen molar-refractivity contribution in [2.45, 2.75) is 18.9 Å². The van der Waals surface area contributed by atoms with Gasteiger partial charge < -0.3 is 15.4 Å². The third kappa shape index (κ3) is 5.25. The van der Waals surface area contributed by atoms with Gasteiger partial charge in [-0.15, -0.1) is 0 Å². The van der Waals surface area contributed by atoms with Crippen LogP contribution in [0.1, 0.15) is 12.8 Å². The first-order valence-corrected chi connectivity index (χ1v) is 7.53. The van der Waals surface area contributed by atoms with Crippen LogP contribution in [-0.4, -0.2) is 64.2 Å². The molecule has 1 unspecified atom stereocenters. The minimum Gasteiger partial charge on any atom is -0.385 e. The highest BCUT2D eigenvalue weighted by Gasteiger charge is 2.20. The maximum absolute atomic E-state index is 11.4. The van der Waals surface area contributed by atoms with Crippen LogP contribution in [0.2, 0.25) is 0 Å². The zero-order chi connectivity index (χ0) is 12.0. The van der Waals surface area contributed by atoms with E-state index in [1.807, 2.05) is 0 Å². The van der Waals surface area contributed by atoms with E-state index in [1.54, 1.807) is 7.11 Å². The summed E-state index contributed by atoms with van der Waals surface area (Å²) in [5.41, 5.74) is 5.94. The van der Waals surface area contributed by atoms with Crippen LogP contribution >= 0.6 is 0 Å². The summed E-state index contributed by atoms with van der Waals surface area (Å²) < 4.78 is 27.8. The fourth-order valence-electron chi connectivity index (χ4n) is 1.86. The topological polar surface area (TPSA) is 72.6 Å². The summed E-state index contributed by atoms with van der Waals surface area (Å²) in [5.74, 6) is 0.584. The first-order chi connectivity index (χ1) is 7.53. The predicted molar refractivity (Wildman–Crippen MR) is 64.2 cm³/mol. The van der Waals surface area contributed by atoms with Crippen molar-refractivity contribution in [2.75, 3.05) is 44.9 Å². The Hall–Kier alpha value is -0.170. The average Bonchev–Trinajstić information content (AvgIpc) is 2.37. The number of nitrogens with two attached hydrogens (primary N) is 1. The van der Waals surface area contributed by atoms with Gasteiger partial charge in [0.2, 0.25) is 0 Å². The molecule has 0 aromatic rings. The number of nitrogens with zero attached hydrogens (tertiary/aromatic N) is 1. The molecule has 6 heteroatoms. The second kappa shape index (κ2) is 6.54. The monoisotopic (exact) mass is 250 g/mol. The Labute approximate surface area is 97.9 Å². The number of ether oxygens (including phenoxy) is 1. The lowest BCUT2D eigenvalue weighted by Crippen LogP contribution is -2.39. The van der Waals surface area contributed by atoms with E-state index in [4.69, 9.17) is 10.5 Å². The van der Waals surface area contributed by atoms with Crippen LogP contribution in [0.3, 0.4) is 0 Å². The molecular formula is C10H22N2O3S. The SMILES string of the molecule is COCCC(N)CN1CCCS(=O)(=O)CC1. The van der Waals surface area contributed by atoms with Crippen molar-refractivity contribution in [1.82, 2.24) is 4.90 Å². The Bertz CT molecular complexity index is 292. The molecule has 0 aliphatic carbocycles. The summed E-state index contributed by atoms with van der Waals surface area (Å²) in [7, 11) is -1.15. The van der Waals surface area contributed by atoms with Gasteiger partial charge in [-0.05, 0) is 19.4 Å². The number of hydrogen-bond donors (Lipinski definition) is 1. The van der Waals surface area contributed by atoms with Crippen LogP contribution in [0.5, 0.6) is 0 Å². The molecular weight excluding hydrogens is 228 g/mol. The normalized spacial score (nSPS) is 23.9. The second-order valence-electron chi connectivity index (χ2n) is 4.35. The summed E-state index contributed by atoms with van der Waals surface area (Å²) in [4.78, 5) is 2.14. The molecule has 1 heterocycles. The largest absolute Gasteiger partial charge is 0.385 e. The van der Waals surface area contributed by atoms with Gasteiger partial charge in [-0.25, -0.2) is 8.42 Å². The molecule has 1 aliphatic rings. The molecule has 0 amide bonds. The third-order valence-corrected chi connectivity index (χ3v) is 4.55. The maximum atomic E-state index is 11.4. The van der Waals surface area contributed by atoms with Crippen molar-refractivity contribution in [2.24, 2.45) is 5.73 Å². The van der Waals surface area contributed by atoms with E-state index in [0.29, 0.717) is 18.9 Å². The minimum absolute atomic E-state index is 0.0701. The lowest BCUT2D eigenvalue weighted by molar-refractivity contribution is 0.176. The fraction of sp³-hybridized carbons (Fsp3) is 1.00. The molecule has 0 aromatic heterocycles. The standard InChI is InChI=1S/C10H22N2O3S/c1-15-6-3-10(11)9-12-4-2-7-16(13,14)8-5-12/h10H,2-9,11H2,1H3. The first-order valence-electron chi connectivity index (χ1n) is 5.71. The van der Waals surface area contributed by atoms with Crippen molar-refractivity contribution < 1.29 is 13.2 Å². The number of hydrogen-bond acceptors (Lipinski definition) is 5. The highest BCUT2D eigenvalue weighted by molar-refractivity contribution is 7.91. The van der Waals surface area contributed by atoms with Crippen molar-refractivity contribution in [1.29, 1.82) is 0 Å². The predicted octanol–water partition coefficient (Wildman–Crippen LogP) is -0.529. The number of rotatable bonds is 5. The molecule has 2 N–H and O–H groups in total. The second-order valence-corrected chi connectivity index (χ2v) is 6.65. The summed E-state index contributed by atoms with van der Waals surface area (Å²) in [6, 6.07) is 0.0701. The van der Waals surface area contributed by atoms with Crippen LogP contribution in [0.15, 0.2) is 0 Å². The molecule has 16 heavy (non-hydrogen) atoms. The highest BCUT2D eigenvalue weighted by Crippen LogP contribution is 2.06. The van der Waals surface area contributed by atoms with E-state index < -0.39 is 9.84 Å². The van der Waals surface area contributed by atoms with Crippen molar-refractivity contribution in [3.8, 4) is 0 Å². The van der Waals surface area contributed by atoms with E-state index in [-0.39, 0.29) is 11.8 Å². The summed E-state index contributed by atoms with van der Waals surface area (Å²) >= 11 is 0. The minimum atomic E-state index is -2.81. The fourth-order valence-corrected chi connectivity index (χ4v) is 3.17. The Morgan fingerprint density at radius 3 is 2.81 bits per heavy atom. The van der Waals surface area contributed by atoms with Gasteiger partial charge in [-0.2, -0.15) is 0 Å². The molecule has 1 fully saturated rings. The molecule has 0 spiro atoms. The number of sulfone groups is 1. The van der Waals surface area contributed by atoms with Gasteiger partial charge in [-0.3, -0.25) is 0 Å². The molecule has 0 radical (unpaired) electrons. The van der Waals surface area contributed by atoms with Crippen LogP contribution < -0.4 is 5.73 Å². The van der Waals surface area contributed by atoms with E-state index in [0.717, 1.165) is 25.9 Å². The molecule has 0 aromatic carbocycles. The van der Waals surface area contributed by atoms with Gasteiger partial charge in [0.05, 0.1) is 11.5 Å². The molecule has 1 rings (SSSR count). The zero-order valence-electron chi connectivity index (χ0n) is 9.89. The van der Waals surface area contributed by atoms with Gasteiger partial charge in [0.1, 0.15) is 0 Å². The Balaban J connectivity index is 2.32. The molecule has 96 valence electrons. The molecule has 1 atom stereocenters. The van der Waals surface area contributed by atoms with E-state index in [1.165, 1.54) is 0 Å². The van der Waals surface area contributed by atoms with Crippen LogP contribution in [0.25, 0.3) is 0 Å². The molecule has 1 saturated heterocycles. The van der Waals surface area contributed by atoms with Gasteiger partial charge in [0.15, 0.2) is 9.84 Å². The smallest absolute Gasteiger partial charge is 0.151 e. The van der Waals surface area contributed by atoms with E-state index in [2.05, 4.69) is 4.90 Å². The maximum Gasteiger partial charge on any atom is 0.151 e. The van der Waals surface area contributed by atoms with Crippen molar-refractivity contribution in [3.63, 3.8) is 0 Å². The number of methoxy groups -OCH3 is 1. The average molecular weight is 250 g/mol. The van der Waals surface area contributed by atoms with Gasteiger partial charge in [0.25, 0.3) is 0 Å². The summed E-state index contributed by atoms with van der Waals surface area (Å²) in [5, 5.41) is 0. The molecule has 5 nitrogen and oxygen atoms in total. The van der Waals surface area contributed by atoms with Gasteiger partial charge >= 0.3 is 0 Å². The van der Waals surface area contributed by atoms with Gasteiger partial charge in [0, 0.05) is 32.8 Å². The van der Waals surface area contributed by atoms with E-state index >= 15 is 0 Å². The summed E-state index contributed by atoms with van der Waals surface area (Å²) in [6.07, 6.45) is 1.54. The Morgan fingerprint density at radius 2 is 2.12 bits per heavy atom. The Morgan fingerprint density at radius 1 is 1.38 bits per heavy atom. The third-order valence-electron chi connectivity index (χ3n) is 2.83. The van der Waals surface area contributed by atoms with Crippen LogP contribution in [0.4, 0.5) is 0 Å². The molecule has 1 aliphatic heterocycles. The van der Waals surface area contributed by atoms with Crippen LogP contribution in [-0.2, 0) is 14.6 Å². The quantitative estimate of drug-likeness (QED) is 0.710. The van der Waals surface area contributed by atoms with E-state index in [9.17, 15) is 8.42 Å². The van der Waals surface area contributed by atoms with Crippen LogP contribution in [0, 0.1) is 0 Å². The van der Waals surface area contributed by atoms with Crippen molar-refractivity contribution in [3.05, 3.63) is 0 Å². The summed E-state index contributed by atoms with van der Waals surface area (Å²) in [6.45, 7) is 2.87. The highest BCUT2D eigenvalue weighted by atomic mass is 32.2. The van der Waals surface area contributed by atoms with Crippen molar-refractivity contribution >= 4 is 9.84 Å². The molecule has 0 saturated carbocycles. The first kappa shape index (κ1) is 13.9. The zero-order valence-corrected chi connectivity index (χ0v) is 10.7. The van der Waals surface area contributed by atoms with Gasteiger partial charge in [-0.1, -0.05) is 0 Å².